The van der Waals surface area contributed by atoms with E-state index in [1.54, 1.807) is 0 Å². The number of ether oxygens (including phenoxy) is 1. The Morgan fingerprint density at radius 3 is 2.17 bits per heavy atom. The molecule has 2 N–H and O–H groups in total. The summed E-state index contributed by atoms with van der Waals surface area (Å²) < 4.78 is 42.6. The third-order valence-corrected chi connectivity index (χ3v) is 3.30. The average Bonchev–Trinajstić information content (AvgIpc) is 2.53. The highest BCUT2D eigenvalue weighted by atomic mass is 35.5. The van der Waals surface area contributed by atoms with Crippen LogP contribution in [0.1, 0.15) is 29.2 Å². The lowest BCUT2D eigenvalue weighted by Gasteiger charge is -2.13. The second-order valence-corrected chi connectivity index (χ2v) is 5.08. The van der Waals surface area contributed by atoms with Gasteiger partial charge < -0.3 is 10.5 Å². The molecule has 0 aliphatic rings. The molecular formula is C17H17ClF3NO2. The van der Waals surface area contributed by atoms with Crippen LogP contribution in [0.25, 0.3) is 0 Å². The Morgan fingerprint density at radius 2 is 1.62 bits per heavy atom. The second kappa shape index (κ2) is 8.70. The fourth-order valence-corrected chi connectivity index (χ4v) is 2.01. The van der Waals surface area contributed by atoms with Crippen LogP contribution >= 0.6 is 12.4 Å². The molecule has 0 unspecified atom stereocenters. The number of carbonyl (C=O) groups is 1. The maximum absolute atomic E-state index is 12.5. The fourth-order valence-electron chi connectivity index (χ4n) is 2.01. The normalized spacial score (nSPS) is 12.2. The van der Waals surface area contributed by atoms with Crippen molar-refractivity contribution in [3.8, 4) is 0 Å². The first-order valence-electron chi connectivity index (χ1n) is 6.98. The zero-order valence-corrected chi connectivity index (χ0v) is 13.4. The number of carbonyl (C=O) groups excluding carboxylic acids is 1. The smallest absolute Gasteiger partial charge is 0.416 e. The minimum absolute atomic E-state index is 0. The van der Waals surface area contributed by atoms with Crippen LogP contribution in [0.5, 0.6) is 0 Å². The highest BCUT2D eigenvalue weighted by Gasteiger charge is 2.30. The lowest BCUT2D eigenvalue weighted by Crippen LogP contribution is -2.17. The maximum atomic E-state index is 12.5. The predicted octanol–water partition coefficient (Wildman–Crippen LogP) is 4.26. The summed E-state index contributed by atoms with van der Waals surface area (Å²) in [5, 5.41) is 0. The van der Waals surface area contributed by atoms with Crippen LogP contribution < -0.4 is 5.73 Å². The molecule has 0 aromatic heterocycles. The summed E-state index contributed by atoms with van der Waals surface area (Å²) in [6, 6.07) is 12.9. The molecule has 0 heterocycles. The molecule has 0 fully saturated rings. The number of halogens is 4. The third kappa shape index (κ3) is 5.86. The average molecular weight is 360 g/mol. The molecule has 0 amide bonds. The van der Waals surface area contributed by atoms with Gasteiger partial charge in [-0.3, -0.25) is 4.79 Å². The second-order valence-electron chi connectivity index (χ2n) is 5.08. The van der Waals surface area contributed by atoms with E-state index in [2.05, 4.69) is 0 Å². The first-order chi connectivity index (χ1) is 10.9. The van der Waals surface area contributed by atoms with Gasteiger partial charge in [-0.2, -0.15) is 13.2 Å². The molecule has 130 valence electrons. The number of benzene rings is 2. The monoisotopic (exact) mass is 359 g/mol. The Hall–Kier alpha value is -2.05. The van der Waals surface area contributed by atoms with Gasteiger partial charge >= 0.3 is 12.1 Å². The molecule has 1 atom stereocenters. The summed E-state index contributed by atoms with van der Waals surface area (Å²) in [4.78, 5) is 11.7. The minimum Gasteiger partial charge on any atom is -0.461 e. The molecule has 0 bridgehead atoms. The van der Waals surface area contributed by atoms with Gasteiger partial charge in [-0.05, 0) is 23.3 Å². The van der Waals surface area contributed by atoms with Gasteiger partial charge in [-0.15, -0.1) is 12.4 Å². The van der Waals surface area contributed by atoms with Crippen molar-refractivity contribution in [2.75, 3.05) is 0 Å². The molecule has 0 saturated heterocycles. The van der Waals surface area contributed by atoms with Gasteiger partial charge in [0, 0.05) is 6.04 Å². The van der Waals surface area contributed by atoms with Crippen LogP contribution in [0.4, 0.5) is 13.2 Å². The molecule has 2 aromatic rings. The number of alkyl halides is 3. The Balaban J connectivity index is 0.00000288. The lowest BCUT2D eigenvalue weighted by atomic mass is 10.0. The third-order valence-electron chi connectivity index (χ3n) is 3.30. The van der Waals surface area contributed by atoms with Crippen LogP contribution in [0.3, 0.4) is 0 Å². The van der Waals surface area contributed by atoms with Crippen molar-refractivity contribution in [2.24, 2.45) is 5.73 Å². The summed E-state index contributed by atoms with van der Waals surface area (Å²) in [6.07, 6.45) is -4.49. The quantitative estimate of drug-likeness (QED) is 0.811. The zero-order chi connectivity index (χ0) is 16.9. The van der Waals surface area contributed by atoms with E-state index < -0.39 is 23.8 Å². The predicted molar refractivity (Wildman–Crippen MR) is 86.5 cm³/mol. The van der Waals surface area contributed by atoms with Gasteiger partial charge in [0.2, 0.25) is 0 Å². The van der Waals surface area contributed by atoms with Gasteiger partial charge in [-0.25, -0.2) is 0 Å². The molecule has 24 heavy (non-hydrogen) atoms. The number of esters is 1. The summed E-state index contributed by atoms with van der Waals surface area (Å²) in [5.74, 6) is -0.499. The largest absolute Gasteiger partial charge is 0.461 e. The number of hydrogen-bond donors (Lipinski definition) is 1. The van der Waals surface area contributed by atoms with Crippen LogP contribution in [0, 0.1) is 0 Å². The minimum atomic E-state index is -4.39. The van der Waals surface area contributed by atoms with Crippen LogP contribution in [0.2, 0.25) is 0 Å². The Bertz CT molecular complexity index is 645. The van der Waals surface area contributed by atoms with Crippen LogP contribution in [0.15, 0.2) is 54.6 Å². The molecule has 3 nitrogen and oxygen atoms in total. The van der Waals surface area contributed by atoms with E-state index in [-0.39, 0.29) is 25.4 Å². The molecule has 0 saturated carbocycles. The van der Waals surface area contributed by atoms with Crippen molar-refractivity contribution in [3.05, 3.63) is 71.3 Å². The van der Waals surface area contributed by atoms with E-state index in [0.717, 1.165) is 17.7 Å². The molecule has 2 aromatic carbocycles. The highest BCUT2D eigenvalue weighted by molar-refractivity contribution is 5.85. The standard InChI is InChI=1S/C17H16F3NO2.ClH/c18-17(19,20)14-8-6-13(7-9-14)15(21)10-16(22)23-11-12-4-2-1-3-5-12;/h1-9,15H,10-11,21H2;1H/t15-;/m1./s1. The van der Waals surface area contributed by atoms with Gasteiger partial charge in [0.1, 0.15) is 6.61 Å². The summed E-state index contributed by atoms with van der Waals surface area (Å²) in [5.41, 5.74) is 6.40. The van der Waals surface area contributed by atoms with E-state index in [9.17, 15) is 18.0 Å². The molecule has 7 heteroatoms. The number of hydrogen-bond acceptors (Lipinski definition) is 3. The molecular weight excluding hydrogens is 343 g/mol. The van der Waals surface area contributed by atoms with Crippen molar-refractivity contribution in [1.82, 2.24) is 0 Å². The lowest BCUT2D eigenvalue weighted by molar-refractivity contribution is -0.145. The zero-order valence-electron chi connectivity index (χ0n) is 12.6. The number of nitrogens with two attached hydrogens (primary N) is 1. The van der Waals surface area contributed by atoms with E-state index in [0.29, 0.717) is 5.56 Å². The summed E-state index contributed by atoms with van der Waals surface area (Å²) >= 11 is 0. The van der Waals surface area contributed by atoms with Crippen LogP contribution in [-0.4, -0.2) is 5.97 Å². The topological polar surface area (TPSA) is 52.3 Å². The highest BCUT2D eigenvalue weighted by Crippen LogP contribution is 2.30. The van der Waals surface area contributed by atoms with Crippen molar-refractivity contribution < 1.29 is 22.7 Å². The summed E-state index contributed by atoms with van der Waals surface area (Å²) in [6.45, 7) is 0.138. The van der Waals surface area contributed by atoms with E-state index in [1.165, 1.54) is 12.1 Å². The van der Waals surface area contributed by atoms with Crippen LogP contribution in [-0.2, 0) is 22.3 Å². The molecule has 0 spiro atoms. The molecule has 2 rings (SSSR count). The first-order valence-corrected chi connectivity index (χ1v) is 6.98. The first kappa shape index (κ1) is 20.0. The van der Waals surface area contributed by atoms with Crippen molar-refractivity contribution >= 4 is 18.4 Å². The summed E-state index contributed by atoms with van der Waals surface area (Å²) in [7, 11) is 0. The van der Waals surface area contributed by atoms with Gasteiger partial charge in [0.25, 0.3) is 0 Å². The Morgan fingerprint density at radius 1 is 1.04 bits per heavy atom. The van der Waals surface area contributed by atoms with Gasteiger partial charge in [0.15, 0.2) is 0 Å². The van der Waals surface area contributed by atoms with Crippen molar-refractivity contribution in [3.63, 3.8) is 0 Å². The van der Waals surface area contributed by atoms with Gasteiger partial charge in [0.05, 0.1) is 12.0 Å². The van der Waals surface area contributed by atoms with E-state index in [4.69, 9.17) is 10.5 Å². The molecule has 0 aliphatic carbocycles. The van der Waals surface area contributed by atoms with E-state index >= 15 is 0 Å². The molecule has 0 radical (unpaired) electrons. The van der Waals surface area contributed by atoms with Gasteiger partial charge in [-0.1, -0.05) is 42.5 Å². The maximum Gasteiger partial charge on any atom is 0.416 e. The Kier molecular flexibility index (Phi) is 7.25. The van der Waals surface area contributed by atoms with Crippen molar-refractivity contribution in [1.29, 1.82) is 0 Å². The molecule has 0 aliphatic heterocycles. The SMILES string of the molecule is Cl.N[C@H](CC(=O)OCc1ccccc1)c1ccc(C(F)(F)F)cc1. The fraction of sp³-hybridized carbons (Fsp3) is 0.235. The number of rotatable bonds is 5. The van der Waals surface area contributed by atoms with Crippen molar-refractivity contribution in [2.45, 2.75) is 25.2 Å². The Labute approximate surface area is 144 Å². The van der Waals surface area contributed by atoms with E-state index in [1.807, 2.05) is 30.3 Å².